The van der Waals surface area contributed by atoms with E-state index in [0.29, 0.717) is 18.4 Å². The number of aryl methyl sites for hydroxylation is 1. The molecule has 1 atom stereocenters. The summed E-state index contributed by atoms with van der Waals surface area (Å²) in [5, 5.41) is 7.69. The fraction of sp³-hybridized carbons (Fsp3) is 0.385. The Labute approximate surface area is 114 Å². The van der Waals surface area contributed by atoms with E-state index < -0.39 is 11.7 Å². The first kappa shape index (κ1) is 14.5. The highest BCUT2D eigenvalue weighted by molar-refractivity contribution is 5.26. The van der Waals surface area contributed by atoms with Gasteiger partial charge in [0.1, 0.15) is 0 Å². The summed E-state index contributed by atoms with van der Waals surface area (Å²) in [6, 6.07) is 4.93. The molecule has 1 heterocycles. The van der Waals surface area contributed by atoms with Crippen molar-refractivity contribution < 1.29 is 13.2 Å². The Balaban J connectivity index is 2.02. The first-order valence-electron chi connectivity index (χ1n) is 6.11. The van der Waals surface area contributed by atoms with Crippen LogP contribution in [0.5, 0.6) is 0 Å². The zero-order valence-electron chi connectivity index (χ0n) is 10.9. The van der Waals surface area contributed by atoms with Gasteiger partial charge in [-0.3, -0.25) is 4.68 Å². The molecule has 1 unspecified atom stereocenters. The van der Waals surface area contributed by atoms with Crippen molar-refractivity contribution in [3.8, 4) is 0 Å². The second-order valence-electron chi connectivity index (χ2n) is 4.75. The molecule has 2 rings (SSSR count). The zero-order chi connectivity index (χ0) is 14.8. The lowest BCUT2D eigenvalue weighted by molar-refractivity contribution is -0.137. The Kier molecular flexibility index (Phi) is 4.08. The third kappa shape index (κ3) is 3.80. The van der Waals surface area contributed by atoms with Gasteiger partial charge >= 0.3 is 6.18 Å². The topological polar surface area (TPSA) is 56.7 Å². The van der Waals surface area contributed by atoms with E-state index in [1.807, 2.05) is 0 Å². The molecule has 1 aromatic carbocycles. The molecule has 2 N–H and O–H groups in total. The molecule has 4 nitrogen and oxygen atoms in total. The summed E-state index contributed by atoms with van der Waals surface area (Å²) in [6.07, 6.45) is -1.75. The second kappa shape index (κ2) is 5.62. The molecule has 7 heteroatoms. The van der Waals surface area contributed by atoms with Crippen molar-refractivity contribution in [2.45, 2.75) is 25.1 Å². The number of halogens is 3. The van der Waals surface area contributed by atoms with Gasteiger partial charge in [0, 0.05) is 25.7 Å². The maximum atomic E-state index is 12.6. The molecule has 0 aliphatic carbocycles. The van der Waals surface area contributed by atoms with Crippen LogP contribution in [0, 0.1) is 0 Å². The quantitative estimate of drug-likeness (QED) is 0.933. The number of hydrogen-bond acceptors (Lipinski definition) is 3. The molecule has 1 aromatic heterocycles. The van der Waals surface area contributed by atoms with Gasteiger partial charge in [-0.25, -0.2) is 0 Å². The molecule has 0 bridgehead atoms. The van der Waals surface area contributed by atoms with Gasteiger partial charge in [-0.15, -0.1) is 5.10 Å². The minimum absolute atomic E-state index is 0.296. The van der Waals surface area contributed by atoms with Crippen molar-refractivity contribution in [1.29, 1.82) is 0 Å². The second-order valence-corrected chi connectivity index (χ2v) is 4.75. The van der Waals surface area contributed by atoms with Gasteiger partial charge in [-0.05, 0) is 18.1 Å². The fourth-order valence-electron chi connectivity index (χ4n) is 2.01. The standard InChI is InChI=1S/C13H15F3N4/c1-20-8-12(18-19-20)7-11(17)6-9-3-2-4-10(5-9)13(14,15)16/h2-5,8,11H,6-7,17H2,1H3. The zero-order valence-corrected chi connectivity index (χ0v) is 10.9. The molecule has 0 spiro atoms. The number of nitrogens with zero attached hydrogens (tertiary/aromatic N) is 3. The van der Waals surface area contributed by atoms with Gasteiger partial charge in [0.15, 0.2) is 0 Å². The number of rotatable bonds is 4. The van der Waals surface area contributed by atoms with E-state index in [1.165, 1.54) is 6.07 Å². The van der Waals surface area contributed by atoms with Gasteiger partial charge in [0.25, 0.3) is 0 Å². The molecule has 0 fully saturated rings. The van der Waals surface area contributed by atoms with Gasteiger partial charge in [-0.2, -0.15) is 13.2 Å². The van der Waals surface area contributed by atoms with Crippen molar-refractivity contribution in [2.24, 2.45) is 12.8 Å². The summed E-state index contributed by atoms with van der Waals surface area (Å²) in [7, 11) is 1.74. The fourth-order valence-corrected chi connectivity index (χ4v) is 2.01. The Morgan fingerprint density at radius 2 is 2.05 bits per heavy atom. The van der Waals surface area contributed by atoms with E-state index >= 15 is 0 Å². The molecular formula is C13H15F3N4. The normalized spacial score (nSPS) is 13.4. The minimum Gasteiger partial charge on any atom is -0.327 e. The highest BCUT2D eigenvalue weighted by Crippen LogP contribution is 2.29. The average Bonchev–Trinajstić information content (AvgIpc) is 2.73. The first-order valence-corrected chi connectivity index (χ1v) is 6.11. The molecule has 0 amide bonds. The Morgan fingerprint density at radius 3 is 2.65 bits per heavy atom. The van der Waals surface area contributed by atoms with Crippen LogP contribution in [0.3, 0.4) is 0 Å². The number of hydrogen-bond donors (Lipinski definition) is 1. The summed E-state index contributed by atoms with van der Waals surface area (Å²) in [4.78, 5) is 0. The maximum absolute atomic E-state index is 12.6. The third-order valence-corrected chi connectivity index (χ3v) is 2.87. The summed E-state index contributed by atoms with van der Waals surface area (Å²) < 4.78 is 39.4. The Bertz CT molecular complexity index is 577. The number of nitrogens with two attached hydrogens (primary N) is 1. The minimum atomic E-state index is -4.33. The SMILES string of the molecule is Cn1cc(CC(N)Cc2cccc(C(F)(F)F)c2)nn1. The Morgan fingerprint density at radius 1 is 1.30 bits per heavy atom. The van der Waals surface area contributed by atoms with Crippen LogP contribution in [-0.4, -0.2) is 21.0 Å². The number of alkyl halides is 3. The van der Waals surface area contributed by atoms with Crippen LogP contribution in [0.2, 0.25) is 0 Å². The summed E-state index contributed by atoms with van der Waals surface area (Å²) >= 11 is 0. The highest BCUT2D eigenvalue weighted by Gasteiger charge is 2.30. The maximum Gasteiger partial charge on any atom is 0.416 e. The van der Waals surface area contributed by atoms with Crippen molar-refractivity contribution in [2.75, 3.05) is 0 Å². The van der Waals surface area contributed by atoms with Crippen molar-refractivity contribution in [3.63, 3.8) is 0 Å². The average molecular weight is 284 g/mol. The van der Waals surface area contributed by atoms with Gasteiger partial charge in [0.05, 0.1) is 11.3 Å². The van der Waals surface area contributed by atoms with Crippen molar-refractivity contribution >= 4 is 0 Å². The van der Waals surface area contributed by atoms with Crippen LogP contribution >= 0.6 is 0 Å². The monoisotopic (exact) mass is 284 g/mol. The number of aromatic nitrogens is 3. The predicted molar refractivity (Wildman–Crippen MR) is 67.8 cm³/mol. The Hall–Kier alpha value is -1.89. The van der Waals surface area contributed by atoms with E-state index in [-0.39, 0.29) is 6.04 Å². The molecule has 0 aliphatic heterocycles. The summed E-state index contributed by atoms with van der Waals surface area (Å²) in [5.74, 6) is 0. The molecule has 20 heavy (non-hydrogen) atoms. The predicted octanol–water partition coefficient (Wildman–Crippen LogP) is 1.95. The molecule has 108 valence electrons. The summed E-state index contributed by atoms with van der Waals surface area (Å²) in [6.45, 7) is 0. The molecular weight excluding hydrogens is 269 g/mol. The van der Waals surface area contributed by atoms with Crippen LogP contribution in [0.4, 0.5) is 13.2 Å². The van der Waals surface area contributed by atoms with Crippen LogP contribution < -0.4 is 5.73 Å². The summed E-state index contributed by atoms with van der Waals surface area (Å²) in [5.41, 5.74) is 6.59. The van der Waals surface area contributed by atoms with Crippen molar-refractivity contribution in [3.05, 3.63) is 47.3 Å². The van der Waals surface area contributed by atoms with Crippen LogP contribution in [-0.2, 0) is 26.1 Å². The lowest BCUT2D eigenvalue weighted by Gasteiger charge is -2.12. The van der Waals surface area contributed by atoms with Gasteiger partial charge in [-0.1, -0.05) is 23.4 Å². The van der Waals surface area contributed by atoms with E-state index in [4.69, 9.17) is 5.73 Å². The highest BCUT2D eigenvalue weighted by atomic mass is 19.4. The smallest absolute Gasteiger partial charge is 0.327 e. The largest absolute Gasteiger partial charge is 0.416 e. The lowest BCUT2D eigenvalue weighted by Crippen LogP contribution is -2.25. The van der Waals surface area contributed by atoms with E-state index in [9.17, 15) is 13.2 Å². The van der Waals surface area contributed by atoms with Crippen LogP contribution in [0.15, 0.2) is 30.5 Å². The third-order valence-electron chi connectivity index (χ3n) is 2.87. The van der Waals surface area contributed by atoms with Gasteiger partial charge in [0.2, 0.25) is 0 Å². The van der Waals surface area contributed by atoms with E-state index in [2.05, 4.69) is 10.3 Å². The first-order chi connectivity index (χ1) is 9.34. The molecule has 0 radical (unpaired) electrons. The van der Waals surface area contributed by atoms with E-state index in [0.717, 1.165) is 17.8 Å². The molecule has 0 saturated heterocycles. The number of benzene rings is 1. The van der Waals surface area contributed by atoms with E-state index in [1.54, 1.807) is 24.0 Å². The molecule has 2 aromatic rings. The van der Waals surface area contributed by atoms with Crippen LogP contribution in [0.1, 0.15) is 16.8 Å². The van der Waals surface area contributed by atoms with Gasteiger partial charge < -0.3 is 5.73 Å². The van der Waals surface area contributed by atoms with Crippen LogP contribution in [0.25, 0.3) is 0 Å². The molecule has 0 aliphatic rings. The van der Waals surface area contributed by atoms with Crippen molar-refractivity contribution in [1.82, 2.24) is 15.0 Å². The molecule has 0 saturated carbocycles. The lowest BCUT2D eigenvalue weighted by atomic mass is 10.0.